The van der Waals surface area contributed by atoms with Crippen LogP contribution in [0.2, 0.25) is 0 Å². The van der Waals surface area contributed by atoms with E-state index in [0.717, 1.165) is 33.0 Å². The second-order valence-corrected chi connectivity index (χ2v) is 8.27. The van der Waals surface area contributed by atoms with Gasteiger partial charge in [-0.05, 0) is 30.3 Å². The van der Waals surface area contributed by atoms with Crippen LogP contribution in [0.4, 0.5) is 0 Å². The summed E-state index contributed by atoms with van der Waals surface area (Å²) in [5, 5.41) is 8.55. The Bertz CT molecular complexity index is 1260. The first-order valence-electron chi connectivity index (χ1n) is 9.90. The van der Waals surface area contributed by atoms with Gasteiger partial charge in [0.25, 0.3) is 5.91 Å². The molecular formula is C23H21N3O4S. The quantitative estimate of drug-likeness (QED) is 0.515. The van der Waals surface area contributed by atoms with Crippen molar-refractivity contribution in [2.24, 2.45) is 7.05 Å². The highest BCUT2D eigenvalue weighted by Crippen LogP contribution is 2.35. The average Bonchev–Trinajstić information content (AvgIpc) is 3.38. The second kappa shape index (κ2) is 7.96. The van der Waals surface area contributed by atoms with Crippen LogP contribution in [-0.2, 0) is 7.05 Å². The number of methoxy groups -OCH3 is 1. The number of rotatable bonds is 5. The number of para-hydroxylation sites is 2. The van der Waals surface area contributed by atoms with Crippen molar-refractivity contribution >= 4 is 27.5 Å². The standard InChI is InChI=1S/C23H21N3O4S/c1-26-23-17(21(25-26)14-6-5-7-15(10-14)28-2)11-20(31-23)22(27)24-12-16-13-29-18-8-3-4-9-19(18)30-16/h3-11,16H,12-13H2,1-2H3,(H,24,27). The normalized spacial score (nSPS) is 15.1. The van der Waals surface area contributed by atoms with Crippen LogP contribution < -0.4 is 19.5 Å². The monoisotopic (exact) mass is 435 g/mol. The molecule has 0 aliphatic carbocycles. The molecule has 1 N–H and O–H groups in total. The summed E-state index contributed by atoms with van der Waals surface area (Å²) in [5.41, 5.74) is 1.77. The van der Waals surface area contributed by atoms with Gasteiger partial charge in [-0.2, -0.15) is 5.10 Å². The van der Waals surface area contributed by atoms with Crippen molar-refractivity contribution in [3.63, 3.8) is 0 Å². The number of aromatic nitrogens is 2. The van der Waals surface area contributed by atoms with E-state index in [0.29, 0.717) is 23.8 Å². The Kier molecular flexibility index (Phi) is 4.99. The minimum Gasteiger partial charge on any atom is -0.497 e. The lowest BCUT2D eigenvalue weighted by atomic mass is 10.1. The molecule has 1 amide bonds. The number of thiophene rings is 1. The molecule has 3 heterocycles. The maximum Gasteiger partial charge on any atom is 0.261 e. The molecule has 1 unspecified atom stereocenters. The zero-order chi connectivity index (χ0) is 21.4. The number of ether oxygens (including phenoxy) is 3. The van der Waals surface area contributed by atoms with E-state index in [1.165, 1.54) is 11.3 Å². The predicted molar refractivity (Wildman–Crippen MR) is 119 cm³/mol. The molecule has 158 valence electrons. The molecule has 1 atom stereocenters. The van der Waals surface area contributed by atoms with Crippen molar-refractivity contribution in [1.29, 1.82) is 0 Å². The summed E-state index contributed by atoms with van der Waals surface area (Å²) in [6.07, 6.45) is -0.234. The highest BCUT2D eigenvalue weighted by Gasteiger charge is 2.23. The minimum atomic E-state index is -0.234. The number of carbonyl (C=O) groups excluding carboxylic acids is 1. The fraction of sp³-hybridized carbons (Fsp3) is 0.217. The smallest absolute Gasteiger partial charge is 0.261 e. The molecule has 0 saturated heterocycles. The fourth-order valence-corrected chi connectivity index (χ4v) is 4.58. The highest BCUT2D eigenvalue weighted by molar-refractivity contribution is 7.20. The van der Waals surface area contributed by atoms with Crippen molar-refractivity contribution in [3.8, 4) is 28.5 Å². The van der Waals surface area contributed by atoms with Gasteiger partial charge in [0.15, 0.2) is 11.5 Å². The van der Waals surface area contributed by atoms with Gasteiger partial charge < -0.3 is 19.5 Å². The van der Waals surface area contributed by atoms with Gasteiger partial charge in [0.1, 0.15) is 29.0 Å². The van der Waals surface area contributed by atoms with Gasteiger partial charge in [-0.25, -0.2) is 0 Å². The van der Waals surface area contributed by atoms with E-state index in [1.54, 1.807) is 11.8 Å². The number of fused-ring (bicyclic) bond motifs is 2. The third-order valence-corrected chi connectivity index (χ3v) is 6.34. The van der Waals surface area contributed by atoms with Crippen LogP contribution in [0.5, 0.6) is 17.2 Å². The molecular weight excluding hydrogens is 414 g/mol. The van der Waals surface area contributed by atoms with E-state index in [4.69, 9.17) is 14.2 Å². The molecule has 0 bridgehead atoms. The number of nitrogens with zero attached hydrogens (tertiary/aromatic N) is 2. The Morgan fingerprint density at radius 1 is 1.23 bits per heavy atom. The molecule has 2 aromatic heterocycles. The lowest BCUT2D eigenvalue weighted by Gasteiger charge is -2.26. The number of nitrogens with one attached hydrogen (secondary N) is 1. The number of aryl methyl sites for hydroxylation is 1. The second-order valence-electron chi connectivity index (χ2n) is 7.24. The van der Waals surface area contributed by atoms with Gasteiger partial charge in [0, 0.05) is 18.0 Å². The van der Waals surface area contributed by atoms with Gasteiger partial charge in [-0.15, -0.1) is 11.3 Å². The summed E-state index contributed by atoms with van der Waals surface area (Å²) in [7, 11) is 3.52. The maximum atomic E-state index is 12.8. The van der Waals surface area contributed by atoms with Crippen LogP contribution in [0.1, 0.15) is 9.67 Å². The minimum absolute atomic E-state index is 0.139. The summed E-state index contributed by atoms with van der Waals surface area (Å²) in [5.74, 6) is 2.05. The van der Waals surface area contributed by atoms with Gasteiger partial charge >= 0.3 is 0 Å². The molecule has 7 nitrogen and oxygen atoms in total. The molecule has 8 heteroatoms. The molecule has 4 aromatic rings. The SMILES string of the molecule is COc1cccc(-c2nn(C)c3sc(C(=O)NCC4COc5ccccc5O4)cc23)c1. The first kappa shape index (κ1) is 19.4. The topological polar surface area (TPSA) is 74.6 Å². The molecule has 0 spiro atoms. The van der Waals surface area contributed by atoms with Crippen molar-refractivity contribution in [2.45, 2.75) is 6.10 Å². The lowest BCUT2D eigenvalue weighted by molar-refractivity contribution is 0.0791. The Balaban J connectivity index is 1.33. The number of hydrogen-bond acceptors (Lipinski definition) is 6. The molecule has 2 aromatic carbocycles. The molecule has 0 saturated carbocycles. The molecule has 31 heavy (non-hydrogen) atoms. The van der Waals surface area contributed by atoms with Crippen LogP contribution in [0.15, 0.2) is 54.6 Å². The van der Waals surface area contributed by atoms with E-state index >= 15 is 0 Å². The van der Waals surface area contributed by atoms with Crippen LogP contribution >= 0.6 is 11.3 Å². The largest absolute Gasteiger partial charge is 0.497 e. The van der Waals surface area contributed by atoms with Gasteiger partial charge in [-0.1, -0.05) is 24.3 Å². The van der Waals surface area contributed by atoms with Crippen molar-refractivity contribution in [1.82, 2.24) is 15.1 Å². The Morgan fingerprint density at radius 3 is 2.90 bits per heavy atom. The van der Waals surface area contributed by atoms with Crippen molar-refractivity contribution < 1.29 is 19.0 Å². The number of hydrogen-bond donors (Lipinski definition) is 1. The summed E-state index contributed by atoms with van der Waals surface area (Å²) in [6, 6.07) is 17.2. The highest BCUT2D eigenvalue weighted by atomic mass is 32.1. The average molecular weight is 436 g/mol. The Hall–Kier alpha value is -3.52. The Labute approximate surface area is 183 Å². The van der Waals surface area contributed by atoms with E-state index in [-0.39, 0.29) is 12.0 Å². The van der Waals surface area contributed by atoms with Crippen LogP contribution in [0.25, 0.3) is 21.5 Å². The fourth-order valence-electron chi connectivity index (χ4n) is 3.59. The van der Waals surface area contributed by atoms with Gasteiger partial charge in [0.05, 0.1) is 18.5 Å². The Morgan fingerprint density at radius 2 is 2.06 bits per heavy atom. The first-order valence-corrected chi connectivity index (χ1v) is 10.7. The van der Waals surface area contributed by atoms with Crippen LogP contribution in [0, 0.1) is 0 Å². The van der Waals surface area contributed by atoms with E-state index in [9.17, 15) is 4.79 Å². The lowest BCUT2D eigenvalue weighted by Crippen LogP contribution is -2.40. The zero-order valence-corrected chi connectivity index (χ0v) is 17.9. The first-order chi connectivity index (χ1) is 15.1. The molecule has 5 rings (SSSR count). The van der Waals surface area contributed by atoms with Crippen LogP contribution in [0.3, 0.4) is 0 Å². The maximum absolute atomic E-state index is 12.8. The van der Waals surface area contributed by atoms with E-state index < -0.39 is 0 Å². The van der Waals surface area contributed by atoms with Crippen molar-refractivity contribution in [2.75, 3.05) is 20.3 Å². The predicted octanol–water partition coefficient (Wildman–Crippen LogP) is 3.88. The van der Waals surface area contributed by atoms with E-state index in [1.807, 2.05) is 61.6 Å². The molecule has 0 fully saturated rings. The third-order valence-electron chi connectivity index (χ3n) is 5.14. The zero-order valence-electron chi connectivity index (χ0n) is 17.1. The summed E-state index contributed by atoms with van der Waals surface area (Å²) >= 11 is 1.42. The van der Waals surface area contributed by atoms with Gasteiger partial charge in [-0.3, -0.25) is 9.48 Å². The number of benzene rings is 2. The van der Waals surface area contributed by atoms with Gasteiger partial charge in [0.2, 0.25) is 0 Å². The summed E-state index contributed by atoms with van der Waals surface area (Å²) in [4.78, 5) is 14.4. The van der Waals surface area contributed by atoms with Crippen molar-refractivity contribution in [3.05, 3.63) is 59.5 Å². The molecule has 0 radical (unpaired) electrons. The van der Waals surface area contributed by atoms with E-state index in [2.05, 4.69) is 10.4 Å². The summed E-state index contributed by atoms with van der Waals surface area (Å²) in [6.45, 7) is 0.760. The molecule has 1 aliphatic heterocycles. The number of amides is 1. The molecule has 1 aliphatic rings. The number of carbonyl (C=O) groups is 1. The third kappa shape index (κ3) is 3.70. The summed E-state index contributed by atoms with van der Waals surface area (Å²) < 4.78 is 18.8. The van der Waals surface area contributed by atoms with Crippen LogP contribution in [-0.4, -0.2) is 42.1 Å².